The van der Waals surface area contributed by atoms with Crippen LogP contribution in [0.15, 0.2) is 30.5 Å². The van der Waals surface area contributed by atoms with E-state index in [4.69, 9.17) is 5.11 Å². The van der Waals surface area contributed by atoms with Gasteiger partial charge in [-0.25, -0.2) is 0 Å². The Hall–Kier alpha value is -2.30. The minimum atomic E-state index is -0.854. The first kappa shape index (κ1) is 15.6. The summed E-state index contributed by atoms with van der Waals surface area (Å²) in [7, 11) is 0. The van der Waals surface area contributed by atoms with Gasteiger partial charge in [0.1, 0.15) is 0 Å². The summed E-state index contributed by atoms with van der Waals surface area (Å²) in [6.45, 7) is 2.93. The maximum absolute atomic E-state index is 12.4. The fourth-order valence-electron chi connectivity index (χ4n) is 3.48. The van der Waals surface area contributed by atoms with Crippen molar-refractivity contribution in [3.8, 4) is 0 Å². The number of hydrogen-bond donors (Lipinski definition) is 2. The first-order valence-electron chi connectivity index (χ1n) is 8.12. The molecule has 5 heteroatoms. The van der Waals surface area contributed by atoms with E-state index in [0.29, 0.717) is 0 Å². The zero-order chi connectivity index (χ0) is 16.4. The van der Waals surface area contributed by atoms with Crippen molar-refractivity contribution >= 4 is 22.8 Å². The van der Waals surface area contributed by atoms with Crippen LogP contribution in [0.4, 0.5) is 0 Å². The van der Waals surface area contributed by atoms with Gasteiger partial charge in [0, 0.05) is 23.6 Å². The zero-order valence-electron chi connectivity index (χ0n) is 13.3. The van der Waals surface area contributed by atoms with E-state index in [1.165, 1.54) is 0 Å². The van der Waals surface area contributed by atoms with Crippen molar-refractivity contribution in [3.05, 3.63) is 36.0 Å². The van der Waals surface area contributed by atoms with E-state index in [2.05, 4.69) is 22.9 Å². The van der Waals surface area contributed by atoms with Crippen molar-refractivity contribution in [1.29, 1.82) is 0 Å². The predicted octanol–water partition coefficient (Wildman–Crippen LogP) is 2.72. The van der Waals surface area contributed by atoms with E-state index in [1.807, 2.05) is 24.4 Å². The summed E-state index contributed by atoms with van der Waals surface area (Å²) in [5.74, 6) is -0.947. The second-order valence-corrected chi connectivity index (χ2v) is 6.39. The number of para-hydroxylation sites is 1. The molecule has 1 heterocycles. The van der Waals surface area contributed by atoms with Crippen molar-refractivity contribution in [3.63, 3.8) is 0 Å². The normalized spacial score (nSPS) is 16.0. The van der Waals surface area contributed by atoms with Crippen LogP contribution in [0.5, 0.6) is 0 Å². The molecule has 0 saturated heterocycles. The number of fused-ring (bicyclic) bond motifs is 1. The molecule has 1 aromatic heterocycles. The summed E-state index contributed by atoms with van der Waals surface area (Å²) in [6.07, 6.45) is 4.80. The first-order chi connectivity index (χ1) is 11.0. The minimum absolute atomic E-state index is 0.00938. The minimum Gasteiger partial charge on any atom is -0.481 e. The van der Waals surface area contributed by atoms with Crippen LogP contribution < -0.4 is 5.32 Å². The van der Waals surface area contributed by atoms with E-state index < -0.39 is 11.5 Å². The molecule has 1 aliphatic rings. The molecule has 1 amide bonds. The maximum atomic E-state index is 12.4. The van der Waals surface area contributed by atoms with Crippen LogP contribution >= 0.6 is 0 Å². The summed E-state index contributed by atoms with van der Waals surface area (Å²) < 4.78 is 2.13. The molecule has 2 N–H and O–H groups in total. The van der Waals surface area contributed by atoms with Gasteiger partial charge >= 0.3 is 5.97 Å². The molecule has 5 nitrogen and oxygen atoms in total. The SMILES string of the molecule is CCn1cc(CC(=O)NC2(CC(=O)O)CCC2)c2ccccc21. The number of carbonyl (C=O) groups excluding carboxylic acids is 1. The molecule has 122 valence electrons. The number of carboxylic acid groups (broad SMARTS) is 1. The fourth-order valence-corrected chi connectivity index (χ4v) is 3.48. The predicted molar refractivity (Wildman–Crippen MR) is 88.3 cm³/mol. The molecule has 0 unspecified atom stereocenters. The van der Waals surface area contributed by atoms with E-state index in [0.717, 1.165) is 42.3 Å². The molecule has 3 rings (SSSR count). The average Bonchev–Trinajstić information content (AvgIpc) is 2.82. The van der Waals surface area contributed by atoms with Crippen molar-refractivity contribution in [2.45, 2.75) is 51.1 Å². The van der Waals surface area contributed by atoms with Gasteiger partial charge in [-0.2, -0.15) is 0 Å². The molecular formula is C18H22N2O3. The lowest BCUT2D eigenvalue weighted by atomic mass is 9.74. The molecule has 1 aromatic carbocycles. The van der Waals surface area contributed by atoms with Crippen molar-refractivity contribution < 1.29 is 14.7 Å². The van der Waals surface area contributed by atoms with Crippen LogP contribution in [0.25, 0.3) is 10.9 Å². The van der Waals surface area contributed by atoms with Crippen LogP contribution in [0.2, 0.25) is 0 Å². The highest BCUT2D eigenvalue weighted by Crippen LogP contribution is 2.35. The van der Waals surface area contributed by atoms with Gasteiger partial charge in [0.25, 0.3) is 0 Å². The van der Waals surface area contributed by atoms with E-state index >= 15 is 0 Å². The Morgan fingerprint density at radius 3 is 2.65 bits per heavy atom. The van der Waals surface area contributed by atoms with Crippen LogP contribution in [0.1, 0.15) is 38.2 Å². The molecule has 2 aromatic rings. The van der Waals surface area contributed by atoms with Gasteiger partial charge in [-0.15, -0.1) is 0 Å². The van der Waals surface area contributed by atoms with Gasteiger partial charge in [0.2, 0.25) is 5.91 Å². The molecular weight excluding hydrogens is 292 g/mol. The van der Waals surface area contributed by atoms with Gasteiger partial charge in [0.15, 0.2) is 0 Å². The summed E-state index contributed by atoms with van der Waals surface area (Å²) >= 11 is 0. The fraction of sp³-hybridized carbons (Fsp3) is 0.444. The average molecular weight is 314 g/mol. The Morgan fingerprint density at radius 1 is 1.30 bits per heavy atom. The number of benzene rings is 1. The van der Waals surface area contributed by atoms with Crippen molar-refractivity contribution in [2.24, 2.45) is 0 Å². The summed E-state index contributed by atoms with van der Waals surface area (Å²) in [4.78, 5) is 23.4. The van der Waals surface area contributed by atoms with Crippen molar-refractivity contribution in [2.75, 3.05) is 0 Å². The Morgan fingerprint density at radius 2 is 2.04 bits per heavy atom. The molecule has 23 heavy (non-hydrogen) atoms. The highest BCUT2D eigenvalue weighted by molar-refractivity contribution is 5.90. The Labute approximate surface area is 135 Å². The first-order valence-corrected chi connectivity index (χ1v) is 8.12. The molecule has 0 aliphatic heterocycles. The third-order valence-electron chi connectivity index (χ3n) is 4.77. The van der Waals surface area contributed by atoms with E-state index in [9.17, 15) is 9.59 Å². The van der Waals surface area contributed by atoms with Gasteiger partial charge in [-0.1, -0.05) is 18.2 Å². The van der Waals surface area contributed by atoms with Crippen LogP contribution in [-0.4, -0.2) is 27.1 Å². The highest BCUT2D eigenvalue weighted by atomic mass is 16.4. The number of carboxylic acids is 1. The number of aryl methyl sites for hydroxylation is 1. The number of nitrogens with one attached hydrogen (secondary N) is 1. The quantitative estimate of drug-likeness (QED) is 0.861. The Balaban J connectivity index is 1.77. The monoisotopic (exact) mass is 314 g/mol. The molecule has 0 bridgehead atoms. The highest BCUT2D eigenvalue weighted by Gasteiger charge is 2.40. The second-order valence-electron chi connectivity index (χ2n) is 6.39. The number of hydrogen-bond acceptors (Lipinski definition) is 2. The maximum Gasteiger partial charge on any atom is 0.305 e. The van der Waals surface area contributed by atoms with Crippen LogP contribution in [0, 0.1) is 0 Å². The number of rotatable bonds is 6. The lowest BCUT2D eigenvalue weighted by Gasteiger charge is -2.41. The summed E-state index contributed by atoms with van der Waals surface area (Å²) in [6, 6.07) is 8.05. The van der Waals surface area contributed by atoms with Gasteiger partial charge in [-0.3, -0.25) is 9.59 Å². The van der Waals surface area contributed by atoms with Gasteiger partial charge in [0.05, 0.1) is 18.4 Å². The van der Waals surface area contributed by atoms with Crippen LogP contribution in [-0.2, 0) is 22.6 Å². The number of carbonyl (C=O) groups is 2. The number of aliphatic carboxylic acids is 1. The second kappa shape index (κ2) is 6.07. The summed E-state index contributed by atoms with van der Waals surface area (Å²) in [5, 5.41) is 13.1. The van der Waals surface area contributed by atoms with Crippen LogP contribution in [0.3, 0.4) is 0 Å². The van der Waals surface area contributed by atoms with Gasteiger partial charge < -0.3 is 15.0 Å². The molecule has 0 atom stereocenters. The smallest absolute Gasteiger partial charge is 0.305 e. The van der Waals surface area contributed by atoms with E-state index in [1.54, 1.807) is 0 Å². The largest absolute Gasteiger partial charge is 0.481 e. The molecule has 0 spiro atoms. The number of nitrogens with zero attached hydrogens (tertiary/aromatic N) is 1. The lowest BCUT2D eigenvalue weighted by molar-refractivity contribution is -0.140. The number of amides is 1. The van der Waals surface area contributed by atoms with E-state index in [-0.39, 0.29) is 18.7 Å². The molecule has 1 saturated carbocycles. The lowest BCUT2D eigenvalue weighted by Crippen LogP contribution is -2.55. The molecule has 1 fully saturated rings. The Kier molecular flexibility index (Phi) is 4.11. The summed E-state index contributed by atoms with van der Waals surface area (Å²) in [5.41, 5.74) is 1.58. The topological polar surface area (TPSA) is 71.3 Å². The van der Waals surface area contributed by atoms with Gasteiger partial charge in [-0.05, 0) is 37.8 Å². The third kappa shape index (κ3) is 3.09. The molecule has 0 radical (unpaired) electrons. The Bertz CT molecular complexity index is 744. The standard InChI is InChI=1S/C18H22N2O3/c1-2-20-12-13(14-6-3-4-7-15(14)20)10-16(21)19-18(8-5-9-18)11-17(22)23/h3-4,6-7,12H,2,5,8-11H2,1H3,(H,19,21)(H,22,23). The zero-order valence-corrected chi connectivity index (χ0v) is 13.3. The third-order valence-corrected chi connectivity index (χ3v) is 4.77. The molecule has 1 aliphatic carbocycles. The number of aromatic nitrogens is 1. The van der Waals surface area contributed by atoms with Crippen molar-refractivity contribution in [1.82, 2.24) is 9.88 Å².